The average Bonchev–Trinajstić information content (AvgIpc) is 2.42. The molecule has 1 aliphatic heterocycles. The van der Waals surface area contributed by atoms with Crippen LogP contribution in [0.1, 0.15) is 44.5 Å². The molecule has 0 fully saturated rings. The molecule has 1 aromatic carbocycles. The SMILES string of the molecule is CC1CC(=O)Nc2ccc(C(=O)OC(C)(C)C)cc2N1. The molecule has 1 aliphatic rings. The van der Waals surface area contributed by atoms with Gasteiger partial charge in [0.25, 0.3) is 0 Å². The van der Waals surface area contributed by atoms with E-state index in [-0.39, 0.29) is 17.9 Å². The van der Waals surface area contributed by atoms with Crippen LogP contribution >= 0.6 is 0 Å². The van der Waals surface area contributed by atoms with Crippen LogP contribution < -0.4 is 10.6 Å². The molecule has 0 spiro atoms. The smallest absolute Gasteiger partial charge is 0.338 e. The Morgan fingerprint density at radius 3 is 2.65 bits per heavy atom. The topological polar surface area (TPSA) is 67.4 Å². The van der Waals surface area contributed by atoms with Crippen molar-refractivity contribution in [1.82, 2.24) is 0 Å². The van der Waals surface area contributed by atoms with Crippen molar-refractivity contribution in [3.05, 3.63) is 23.8 Å². The van der Waals surface area contributed by atoms with Crippen LogP contribution in [-0.4, -0.2) is 23.5 Å². The van der Waals surface area contributed by atoms with E-state index >= 15 is 0 Å². The van der Waals surface area contributed by atoms with E-state index in [0.717, 1.165) is 5.69 Å². The highest BCUT2D eigenvalue weighted by Gasteiger charge is 2.21. The first-order chi connectivity index (χ1) is 9.24. The maximum Gasteiger partial charge on any atom is 0.338 e. The summed E-state index contributed by atoms with van der Waals surface area (Å²) in [7, 11) is 0. The number of carbonyl (C=O) groups is 2. The second kappa shape index (κ2) is 5.15. The predicted molar refractivity (Wildman–Crippen MR) is 77.9 cm³/mol. The Morgan fingerprint density at radius 1 is 1.30 bits per heavy atom. The molecular formula is C15H20N2O3. The molecule has 0 aromatic heterocycles. The molecule has 0 saturated heterocycles. The maximum atomic E-state index is 12.0. The first-order valence-corrected chi connectivity index (χ1v) is 6.68. The van der Waals surface area contributed by atoms with Gasteiger partial charge < -0.3 is 15.4 Å². The van der Waals surface area contributed by atoms with Gasteiger partial charge in [0.05, 0.1) is 16.9 Å². The summed E-state index contributed by atoms with van der Waals surface area (Å²) in [6.07, 6.45) is 0.399. The monoisotopic (exact) mass is 276 g/mol. The van der Waals surface area contributed by atoms with Gasteiger partial charge in [-0.1, -0.05) is 0 Å². The van der Waals surface area contributed by atoms with Gasteiger partial charge in [-0.15, -0.1) is 0 Å². The number of fused-ring (bicyclic) bond motifs is 1. The Morgan fingerprint density at radius 2 is 2.00 bits per heavy atom. The van der Waals surface area contributed by atoms with Gasteiger partial charge in [0, 0.05) is 12.5 Å². The molecule has 0 bridgehead atoms. The van der Waals surface area contributed by atoms with Crippen molar-refractivity contribution in [1.29, 1.82) is 0 Å². The van der Waals surface area contributed by atoms with E-state index in [9.17, 15) is 9.59 Å². The highest BCUT2D eigenvalue weighted by Crippen LogP contribution is 2.28. The van der Waals surface area contributed by atoms with Gasteiger partial charge in [-0.25, -0.2) is 4.79 Å². The Kier molecular flexibility index (Phi) is 3.70. The lowest BCUT2D eigenvalue weighted by atomic mass is 10.1. The van der Waals surface area contributed by atoms with Crippen LogP contribution in [0.15, 0.2) is 18.2 Å². The summed E-state index contributed by atoms with van der Waals surface area (Å²) < 4.78 is 5.34. The number of rotatable bonds is 1. The molecule has 1 heterocycles. The molecule has 20 heavy (non-hydrogen) atoms. The molecule has 0 saturated carbocycles. The van der Waals surface area contributed by atoms with Gasteiger partial charge in [0.1, 0.15) is 5.60 Å². The summed E-state index contributed by atoms with van der Waals surface area (Å²) >= 11 is 0. The molecule has 0 aliphatic carbocycles. The summed E-state index contributed by atoms with van der Waals surface area (Å²) in [5.41, 5.74) is 1.37. The van der Waals surface area contributed by atoms with Crippen molar-refractivity contribution < 1.29 is 14.3 Å². The molecule has 2 N–H and O–H groups in total. The lowest BCUT2D eigenvalue weighted by Gasteiger charge is -2.20. The third-order valence-electron chi connectivity index (χ3n) is 2.82. The van der Waals surface area contributed by atoms with E-state index in [4.69, 9.17) is 4.74 Å². The van der Waals surface area contributed by atoms with Gasteiger partial charge >= 0.3 is 5.97 Å². The number of hydrogen-bond donors (Lipinski definition) is 2. The zero-order valence-corrected chi connectivity index (χ0v) is 12.2. The third kappa shape index (κ3) is 3.50. The van der Waals surface area contributed by atoms with Crippen LogP contribution in [0.5, 0.6) is 0 Å². The normalized spacial score (nSPS) is 18.4. The van der Waals surface area contributed by atoms with Gasteiger partial charge in [-0.05, 0) is 45.9 Å². The minimum Gasteiger partial charge on any atom is -0.456 e. The lowest BCUT2D eigenvalue weighted by molar-refractivity contribution is -0.116. The molecule has 1 amide bonds. The quantitative estimate of drug-likeness (QED) is 0.774. The molecule has 108 valence electrons. The van der Waals surface area contributed by atoms with Crippen molar-refractivity contribution in [2.24, 2.45) is 0 Å². The van der Waals surface area contributed by atoms with Crippen LogP contribution in [0.25, 0.3) is 0 Å². The number of anilines is 2. The zero-order chi connectivity index (χ0) is 14.9. The maximum absolute atomic E-state index is 12.0. The summed E-state index contributed by atoms with van der Waals surface area (Å²) in [4.78, 5) is 23.7. The Hall–Kier alpha value is -2.04. The minimum atomic E-state index is -0.529. The zero-order valence-electron chi connectivity index (χ0n) is 12.2. The van der Waals surface area contributed by atoms with E-state index in [2.05, 4.69) is 10.6 Å². The fourth-order valence-electron chi connectivity index (χ4n) is 2.03. The Bertz CT molecular complexity index is 547. The highest BCUT2D eigenvalue weighted by atomic mass is 16.6. The summed E-state index contributed by atoms with van der Waals surface area (Å²) in [5.74, 6) is -0.404. The van der Waals surface area contributed by atoms with Crippen molar-refractivity contribution in [3.63, 3.8) is 0 Å². The summed E-state index contributed by atoms with van der Waals surface area (Å²) in [6, 6.07) is 5.11. The number of ether oxygens (including phenoxy) is 1. The molecular weight excluding hydrogens is 256 g/mol. The number of carbonyl (C=O) groups excluding carboxylic acids is 2. The van der Waals surface area contributed by atoms with Crippen LogP contribution in [0.3, 0.4) is 0 Å². The Labute approximate surface area is 118 Å². The molecule has 1 aromatic rings. The van der Waals surface area contributed by atoms with Gasteiger partial charge in [0.2, 0.25) is 5.91 Å². The van der Waals surface area contributed by atoms with Crippen molar-refractivity contribution >= 4 is 23.3 Å². The van der Waals surface area contributed by atoms with E-state index in [1.807, 2.05) is 27.7 Å². The predicted octanol–water partition coefficient (Wildman–Crippen LogP) is 2.78. The Balaban J connectivity index is 2.27. The molecule has 5 heteroatoms. The largest absolute Gasteiger partial charge is 0.456 e. The second-order valence-corrected chi connectivity index (χ2v) is 6.06. The van der Waals surface area contributed by atoms with Crippen molar-refractivity contribution in [3.8, 4) is 0 Å². The first-order valence-electron chi connectivity index (χ1n) is 6.68. The van der Waals surface area contributed by atoms with E-state index in [1.54, 1.807) is 18.2 Å². The lowest BCUT2D eigenvalue weighted by Crippen LogP contribution is -2.24. The molecule has 5 nitrogen and oxygen atoms in total. The van der Waals surface area contributed by atoms with Crippen LogP contribution in [-0.2, 0) is 9.53 Å². The number of nitrogens with one attached hydrogen (secondary N) is 2. The van der Waals surface area contributed by atoms with Crippen LogP contribution in [0.2, 0.25) is 0 Å². The summed E-state index contributed by atoms with van der Waals surface area (Å²) in [6.45, 7) is 7.41. The number of amides is 1. The minimum absolute atomic E-state index is 0.0186. The highest BCUT2D eigenvalue weighted by molar-refractivity contribution is 5.99. The van der Waals surface area contributed by atoms with Crippen molar-refractivity contribution in [2.45, 2.75) is 45.8 Å². The molecule has 1 atom stereocenters. The fourth-order valence-corrected chi connectivity index (χ4v) is 2.03. The average molecular weight is 276 g/mol. The second-order valence-electron chi connectivity index (χ2n) is 6.06. The standard InChI is InChI=1S/C15H20N2O3/c1-9-7-13(18)17-11-6-5-10(8-12(11)16-9)14(19)20-15(2,3)4/h5-6,8-9,16H,7H2,1-4H3,(H,17,18). The van der Waals surface area contributed by atoms with Gasteiger partial charge in [-0.3, -0.25) is 4.79 Å². The molecule has 1 unspecified atom stereocenters. The van der Waals surface area contributed by atoms with Crippen LogP contribution in [0.4, 0.5) is 11.4 Å². The van der Waals surface area contributed by atoms with Crippen LogP contribution in [0, 0.1) is 0 Å². The number of hydrogen-bond acceptors (Lipinski definition) is 4. The molecule has 2 rings (SSSR count). The van der Waals surface area contributed by atoms with Gasteiger partial charge in [0.15, 0.2) is 0 Å². The third-order valence-corrected chi connectivity index (χ3v) is 2.82. The first kappa shape index (κ1) is 14.4. The van der Waals surface area contributed by atoms with E-state index in [1.165, 1.54) is 0 Å². The number of benzene rings is 1. The fraction of sp³-hybridized carbons (Fsp3) is 0.467. The van der Waals surface area contributed by atoms with E-state index < -0.39 is 5.60 Å². The summed E-state index contributed by atoms with van der Waals surface area (Å²) in [5, 5.41) is 6.03. The van der Waals surface area contributed by atoms with E-state index in [0.29, 0.717) is 17.7 Å². The van der Waals surface area contributed by atoms with Gasteiger partial charge in [-0.2, -0.15) is 0 Å². The van der Waals surface area contributed by atoms with Crippen molar-refractivity contribution in [2.75, 3.05) is 10.6 Å². The molecule has 0 radical (unpaired) electrons. The number of esters is 1.